The van der Waals surface area contributed by atoms with Crippen molar-refractivity contribution in [2.75, 3.05) is 17.2 Å². The van der Waals surface area contributed by atoms with Crippen molar-refractivity contribution in [3.63, 3.8) is 0 Å². The van der Waals surface area contributed by atoms with Gasteiger partial charge >= 0.3 is 0 Å². The number of nitrogens with one attached hydrogen (secondary N) is 2. The molecule has 4 nitrogen and oxygen atoms in total. The summed E-state index contributed by atoms with van der Waals surface area (Å²) in [6, 6.07) is 6.29. The molecule has 20 heavy (non-hydrogen) atoms. The van der Waals surface area contributed by atoms with E-state index in [-0.39, 0.29) is 6.04 Å². The molecule has 1 unspecified atom stereocenters. The molecule has 1 aromatic heterocycles. The third-order valence-electron chi connectivity index (χ3n) is 2.97. The van der Waals surface area contributed by atoms with Crippen LogP contribution >= 0.6 is 0 Å². The predicted molar refractivity (Wildman–Crippen MR) is 86.2 cm³/mol. The number of hydrogen-bond acceptors (Lipinski definition) is 4. The van der Waals surface area contributed by atoms with Crippen molar-refractivity contribution in [1.82, 2.24) is 9.97 Å². The highest BCUT2D eigenvalue weighted by Crippen LogP contribution is 2.23. The second-order valence-corrected chi connectivity index (χ2v) is 4.75. The summed E-state index contributed by atoms with van der Waals surface area (Å²) in [5.74, 6) is 1.41. The van der Waals surface area contributed by atoms with Gasteiger partial charge in [0.2, 0.25) is 5.95 Å². The Morgan fingerprint density at radius 3 is 2.80 bits per heavy atom. The molecule has 2 aromatic rings. The third-order valence-corrected chi connectivity index (χ3v) is 2.97. The van der Waals surface area contributed by atoms with Crippen LogP contribution in [0.25, 0.3) is 10.9 Å². The predicted octanol–water partition coefficient (Wildman–Crippen LogP) is 3.52. The molecule has 0 saturated carbocycles. The van der Waals surface area contributed by atoms with Crippen LogP contribution in [0.1, 0.15) is 12.5 Å². The van der Waals surface area contributed by atoms with Crippen LogP contribution < -0.4 is 10.6 Å². The maximum Gasteiger partial charge on any atom is 0.225 e. The minimum atomic E-state index is 0.140. The maximum absolute atomic E-state index is 4.54. The molecular weight excluding hydrogens is 248 g/mol. The Morgan fingerprint density at radius 2 is 2.10 bits per heavy atom. The van der Waals surface area contributed by atoms with E-state index >= 15 is 0 Å². The van der Waals surface area contributed by atoms with E-state index < -0.39 is 0 Å². The first-order chi connectivity index (χ1) is 9.63. The fraction of sp³-hybridized carbons (Fsp3) is 0.250. The second-order valence-electron chi connectivity index (χ2n) is 4.75. The molecule has 2 rings (SSSR count). The first-order valence-corrected chi connectivity index (χ1v) is 6.66. The molecule has 0 aliphatic carbocycles. The lowest BCUT2D eigenvalue weighted by molar-refractivity contribution is 0.983. The number of anilines is 2. The van der Waals surface area contributed by atoms with Crippen LogP contribution in [0, 0.1) is 6.92 Å². The summed E-state index contributed by atoms with van der Waals surface area (Å²) < 4.78 is 0. The lowest BCUT2D eigenvalue weighted by atomic mass is 10.1. The molecule has 0 bridgehead atoms. The van der Waals surface area contributed by atoms with Gasteiger partial charge in [0.1, 0.15) is 5.82 Å². The van der Waals surface area contributed by atoms with E-state index in [2.05, 4.69) is 46.7 Å². The summed E-state index contributed by atoms with van der Waals surface area (Å²) in [6.07, 6.45) is 3.63. The third kappa shape index (κ3) is 3.15. The average Bonchev–Trinajstić information content (AvgIpc) is 2.45. The van der Waals surface area contributed by atoms with Crippen molar-refractivity contribution in [2.24, 2.45) is 0 Å². The highest BCUT2D eigenvalue weighted by Gasteiger charge is 2.09. The highest BCUT2D eigenvalue weighted by atomic mass is 15.1. The SMILES string of the molecule is C=CCNc1nc(NC(C)C=C)c2cc(C)ccc2n1. The van der Waals surface area contributed by atoms with Gasteiger partial charge in [0.05, 0.1) is 5.52 Å². The van der Waals surface area contributed by atoms with Crippen molar-refractivity contribution in [3.8, 4) is 0 Å². The van der Waals surface area contributed by atoms with Gasteiger partial charge in [-0.05, 0) is 26.0 Å². The summed E-state index contributed by atoms with van der Waals surface area (Å²) >= 11 is 0. The van der Waals surface area contributed by atoms with E-state index in [0.29, 0.717) is 12.5 Å². The van der Waals surface area contributed by atoms with Crippen LogP contribution in [-0.2, 0) is 0 Å². The number of fused-ring (bicyclic) bond motifs is 1. The zero-order valence-electron chi connectivity index (χ0n) is 12.0. The first kappa shape index (κ1) is 14.1. The fourth-order valence-electron chi connectivity index (χ4n) is 1.87. The molecule has 0 spiro atoms. The molecule has 0 radical (unpaired) electrons. The Bertz CT molecular complexity index is 634. The van der Waals surface area contributed by atoms with E-state index in [0.717, 1.165) is 16.7 Å². The van der Waals surface area contributed by atoms with Gasteiger partial charge < -0.3 is 10.6 Å². The molecule has 0 amide bonds. The largest absolute Gasteiger partial charge is 0.363 e. The number of aryl methyl sites for hydroxylation is 1. The lowest BCUT2D eigenvalue weighted by Gasteiger charge is -2.14. The molecule has 1 atom stereocenters. The Labute approximate surface area is 119 Å². The smallest absolute Gasteiger partial charge is 0.225 e. The summed E-state index contributed by atoms with van der Waals surface area (Å²) in [4.78, 5) is 9.05. The number of benzene rings is 1. The van der Waals surface area contributed by atoms with Crippen molar-refractivity contribution in [1.29, 1.82) is 0 Å². The van der Waals surface area contributed by atoms with Crippen molar-refractivity contribution >= 4 is 22.7 Å². The maximum atomic E-state index is 4.54. The minimum absolute atomic E-state index is 0.140. The number of rotatable bonds is 6. The average molecular weight is 268 g/mol. The van der Waals surface area contributed by atoms with Crippen LogP contribution in [-0.4, -0.2) is 22.6 Å². The summed E-state index contributed by atoms with van der Waals surface area (Å²) in [5, 5.41) is 7.49. The van der Waals surface area contributed by atoms with E-state index in [9.17, 15) is 0 Å². The molecule has 0 saturated heterocycles. The fourth-order valence-corrected chi connectivity index (χ4v) is 1.87. The molecular formula is C16H20N4. The van der Waals surface area contributed by atoms with Gasteiger partial charge in [0.25, 0.3) is 0 Å². The van der Waals surface area contributed by atoms with Gasteiger partial charge in [0, 0.05) is 18.0 Å². The summed E-state index contributed by atoms with van der Waals surface area (Å²) in [5.41, 5.74) is 2.10. The van der Waals surface area contributed by atoms with Crippen molar-refractivity contribution in [2.45, 2.75) is 19.9 Å². The molecule has 1 heterocycles. The van der Waals surface area contributed by atoms with Gasteiger partial charge in [-0.25, -0.2) is 4.98 Å². The minimum Gasteiger partial charge on any atom is -0.363 e. The van der Waals surface area contributed by atoms with E-state index in [1.807, 2.05) is 25.1 Å². The Hall–Kier alpha value is -2.36. The quantitative estimate of drug-likeness (QED) is 0.787. The first-order valence-electron chi connectivity index (χ1n) is 6.66. The van der Waals surface area contributed by atoms with Gasteiger partial charge in [-0.15, -0.1) is 13.2 Å². The van der Waals surface area contributed by atoms with E-state index in [4.69, 9.17) is 0 Å². The zero-order chi connectivity index (χ0) is 14.5. The van der Waals surface area contributed by atoms with Crippen LogP contribution in [0.5, 0.6) is 0 Å². The van der Waals surface area contributed by atoms with Crippen LogP contribution in [0.4, 0.5) is 11.8 Å². The van der Waals surface area contributed by atoms with Crippen molar-refractivity contribution < 1.29 is 0 Å². The topological polar surface area (TPSA) is 49.8 Å². The highest BCUT2D eigenvalue weighted by molar-refractivity contribution is 5.90. The van der Waals surface area contributed by atoms with Crippen LogP contribution in [0.2, 0.25) is 0 Å². The summed E-state index contributed by atoms with van der Waals surface area (Å²) in [6.45, 7) is 12.2. The molecule has 1 aromatic carbocycles. The normalized spacial score (nSPS) is 11.9. The second kappa shape index (κ2) is 6.19. The van der Waals surface area contributed by atoms with Crippen molar-refractivity contribution in [3.05, 3.63) is 49.1 Å². The van der Waals surface area contributed by atoms with Gasteiger partial charge in [-0.2, -0.15) is 4.98 Å². The van der Waals surface area contributed by atoms with Gasteiger partial charge in [0.15, 0.2) is 0 Å². The molecule has 4 heteroatoms. The summed E-state index contributed by atoms with van der Waals surface area (Å²) in [7, 11) is 0. The number of aromatic nitrogens is 2. The van der Waals surface area contributed by atoms with Gasteiger partial charge in [-0.3, -0.25) is 0 Å². The molecule has 0 aliphatic rings. The molecule has 104 valence electrons. The van der Waals surface area contributed by atoms with E-state index in [1.165, 1.54) is 5.56 Å². The Balaban J connectivity index is 2.50. The molecule has 2 N–H and O–H groups in total. The standard InChI is InChI=1S/C16H20N4/c1-5-9-17-16-19-14-8-7-11(3)10-13(14)15(20-16)18-12(4)6-2/h5-8,10,12H,1-2,9H2,3-4H3,(H2,17,18,19,20). The van der Waals surface area contributed by atoms with Crippen LogP contribution in [0.3, 0.4) is 0 Å². The zero-order valence-corrected chi connectivity index (χ0v) is 12.0. The monoisotopic (exact) mass is 268 g/mol. The Morgan fingerprint density at radius 1 is 1.30 bits per heavy atom. The van der Waals surface area contributed by atoms with E-state index in [1.54, 1.807) is 6.08 Å². The molecule has 0 fully saturated rings. The Kier molecular flexibility index (Phi) is 4.35. The molecule has 0 aliphatic heterocycles. The van der Waals surface area contributed by atoms with Crippen LogP contribution in [0.15, 0.2) is 43.5 Å². The van der Waals surface area contributed by atoms with Gasteiger partial charge in [-0.1, -0.05) is 23.8 Å². The lowest BCUT2D eigenvalue weighted by Crippen LogP contribution is -2.14. The number of nitrogens with zero attached hydrogens (tertiary/aromatic N) is 2. The number of hydrogen-bond donors (Lipinski definition) is 2.